The van der Waals surface area contributed by atoms with E-state index in [1.54, 1.807) is 0 Å². The van der Waals surface area contributed by atoms with Crippen LogP contribution in [0.1, 0.15) is 342 Å². The molecule has 0 aromatic heterocycles. The van der Waals surface area contributed by atoms with Crippen molar-refractivity contribution in [2.75, 3.05) is 13.2 Å². The molecule has 0 bridgehead atoms. The summed E-state index contributed by atoms with van der Waals surface area (Å²) in [6, 6.07) is 0. The number of allylic oxidation sites excluding steroid dienone is 4. The van der Waals surface area contributed by atoms with Gasteiger partial charge in [-0.05, 0) is 64.2 Å². The van der Waals surface area contributed by atoms with Crippen molar-refractivity contribution in [3.05, 3.63) is 24.3 Å². The summed E-state index contributed by atoms with van der Waals surface area (Å²) in [7, 11) is 0. The van der Waals surface area contributed by atoms with Gasteiger partial charge in [0.05, 0.1) is 0 Å². The number of esters is 3. The average Bonchev–Trinajstić information content (AvgIpc) is 3.35. The quantitative estimate of drug-likeness (QED) is 0.0261. The molecule has 0 radical (unpaired) electrons. The second-order valence-electron chi connectivity index (χ2n) is 21.0. The molecular formula is C63H118O6. The summed E-state index contributed by atoms with van der Waals surface area (Å²) in [5, 5.41) is 0. The summed E-state index contributed by atoms with van der Waals surface area (Å²) in [6.07, 6.45) is 69.5. The zero-order valence-electron chi connectivity index (χ0n) is 46.6. The van der Waals surface area contributed by atoms with Crippen LogP contribution >= 0.6 is 0 Å². The van der Waals surface area contributed by atoms with Crippen molar-refractivity contribution in [3.8, 4) is 0 Å². The molecule has 0 aliphatic heterocycles. The van der Waals surface area contributed by atoms with Crippen molar-refractivity contribution >= 4 is 17.9 Å². The Balaban J connectivity index is 3.88. The van der Waals surface area contributed by atoms with E-state index in [1.165, 1.54) is 225 Å². The first-order valence-corrected chi connectivity index (χ1v) is 30.8. The molecule has 0 aliphatic carbocycles. The lowest BCUT2D eigenvalue weighted by Gasteiger charge is -2.18. The molecule has 0 heterocycles. The van der Waals surface area contributed by atoms with Gasteiger partial charge in [0.2, 0.25) is 0 Å². The van der Waals surface area contributed by atoms with Crippen molar-refractivity contribution in [2.45, 2.75) is 348 Å². The van der Waals surface area contributed by atoms with E-state index in [4.69, 9.17) is 14.2 Å². The highest BCUT2D eigenvalue weighted by atomic mass is 16.6. The highest BCUT2D eigenvalue weighted by molar-refractivity contribution is 5.71. The fraction of sp³-hybridized carbons (Fsp3) is 0.889. The Kier molecular flexibility index (Phi) is 56.7. The second kappa shape index (κ2) is 58.5. The Morgan fingerprint density at radius 2 is 0.507 bits per heavy atom. The molecular weight excluding hydrogens is 853 g/mol. The molecule has 6 heteroatoms. The number of hydrogen-bond donors (Lipinski definition) is 0. The molecule has 1 unspecified atom stereocenters. The van der Waals surface area contributed by atoms with Gasteiger partial charge in [0.1, 0.15) is 13.2 Å². The Labute approximate surface area is 430 Å². The summed E-state index contributed by atoms with van der Waals surface area (Å²) in [4.78, 5) is 37.8. The molecule has 0 saturated carbocycles. The Morgan fingerprint density at radius 3 is 0.783 bits per heavy atom. The number of carbonyl (C=O) groups excluding carboxylic acids is 3. The van der Waals surface area contributed by atoms with E-state index in [0.29, 0.717) is 19.3 Å². The lowest BCUT2D eigenvalue weighted by molar-refractivity contribution is -0.167. The normalized spacial score (nSPS) is 12.1. The third-order valence-electron chi connectivity index (χ3n) is 13.9. The fourth-order valence-corrected chi connectivity index (χ4v) is 9.27. The topological polar surface area (TPSA) is 78.9 Å². The van der Waals surface area contributed by atoms with Crippen LogP contribution in [0.25, 0.3) is 0 Å². The van der Waals surface area contributed by atoms with Crippen LogP contribution in [0.3, 0.4) is 0 Å². The lowest BCUT2D eigenvalue weighted by atomic mass is 10.0. The fourth-order valence-electron chi connectivity index (χ4n) is 9.27. The SMILES string of the molecule is CCC/C=C\CCCCCCCC(=O)OC(COC(=O)CCCCCCCCCC)COC(=O)CCCCCCCCCCCCCCCCCCCCCCC/C=C\CCCCCCCCCC. The third-order valence-corrected chi connectivity index (χ3v) is 13.9. The summed E-state index contributed by atoms with van der Waals surface area (Å²) < 4.78 is 16.8. The molecule has 69 heavy (non-hydrogen) atoms. The van der Waals surface area contributed by atoms with Crippen LogP contribution in [0.5, 0.6) is 0 Å². The molecule has 6 nitrogen and oxygen atoms in total. The smallest absolute Gasteiger partial charge is 0.306 e. The van der Waals surface area contributed by atoms with Gasteiger partial charge in [0.15, 0.2) is 6.10 Å². The lowest BCUT2D eigenvalue weighted by Crippen LogP contribution is -2.30. The zero-order chi connectivity index (χ0) is 50.0. The van der Waals surface area contributed by atoms with Gasteiger partial charge in [-0.1, -0.05) is 283 Å². The first kappa shape index (κ1) is 66.9. The number of ether oxygens (including phenoxy) is 3. The van der Waals surface area contributed by atoms with Crippen LogP contribution in [0.2, 0.25) is 0 Å². The maximum atomic E-state index is 12.7. The van der Waals surface area contributed by atoms with Gasteiger partial charge in [0, 0.05) is 19.3 Å². The minimum absolute atomic E-state index is 0.0700. The van der Waals surface area contributed by atoms with Crippen LogP contribution in [0.4, 0.5) is 0 Å². The van der Waals surface area contributed by atoms with E-state index < -0.39 is 6.10 Å². The monoisotopic (exact) mass is 971 g/mol. The highest BCUT2D eigenvalue weighted by Gasteiger charge is 2.19. The maximum Gasteiger partial charge on any atom is 0.306 e. The predicted octanol–water partition coefficient (Wildman–Crippen LogP) is 20.7. The van der Waals surface area contributed by atoms with E-state index in [-0.39, 0.29) is 31.1 Å². The van der Waals surface area contributed by atoms with Gasteiger partial charge in [-0.25, -0.2) is 0 Å². The second-order valence-corrected chi connectivity index (χ2v) is 21.0. The number of hydrogen-bond acceptors (Lipinski definition) is 6. The van der Waals surface area contributed by atoms with E-state index in [2.05, 4.69) is 45.1 Å². The number of rotatable bonds is 57. The minimum atomic E-state index is -0.768. The van der Waals surface area contributed by atoms with Crippen molar-refractivity contribution in [2.24, 2.45) is 0 Å². The van der Waals surface area contributed by atoms with Gasteiger partial charge in [-0.2, -0.15) is 0 Å². The summed E-state index contributed by atoms with van der Waals surface area (Å²) >= 11 is 0. The van der Waals surface area contributed by atoms with Gasteiger partial charge in [-0.3, -0.25) is 14.4 Å². The minimum Gasteiger partial charge on any atom is -0.462 e. The van der Waals surface area contributed by atoms with Gasteiger partial charge >= 0.3 is 17.9 Å². The Bertz CT molecular complexity index is 1110. The molecule has 1 atom stereocenters. The van der Waals surface area contributed by atoms with Crippen molar-refractivity contribution < 1.29 is 28.6 Å². The maximum absolute atomic E-state index is 12.7. The summed E-state index contributed by atoms with van der Waals surface area (Å²) in [6.45, 7) is 6.58. The van der Waals surface area contributed by atoms with Gasteiger partial charge < -0.3 is 14.2 Å². The molecule has 0 spiro atoms. The molecule has 0 aliphatic rings. The number of unbranched alkanes of at least 4 members (excludes halogenated alkanes) is 42. The van der Waals surface area contributed by atoms with Crippen molar-refractivity contribution in [3.63, 3.8) is 0 Å². The van der Waals surface area contributed by atoms with Crippen LogP contribution in [-0.4, -0.2) is 37.2 Å². The number of carbonyl (C=O) groups is 3. The summed E-state index contributed by atoms with van der Waals surface area (Å²) in [5.74, 6) is -0.869. The van der Waals surface area contributed by atoms with E-state index in [0.717, 1.165) is 77.0 Å². The largest absolute Gasteiger partial charge is 0.462 e. The van der Waals surface area contributed by atoms with Crippen molar-refractivity contribution in [1.29, 1.82) is 0 Å². The average molecular weight is 972 g/mol. The third kappa shape index (κ3) is 56.7. The Morgan fingerprint density at radius 1 is 0.275 bits per heavy atom. The molecule has 0 aromatic rings. The molecule has 0 aromatic carbocycles. The highest BCUT2D eigenvalue weighted by Crippen LogP contribution is 2.17. The van der Waals surface area contributed by atoms with Gasteiger partial charge in [-0.15, -0.1) is 0 Å². The predicted molar refractivity (Wildman–Crippen MR) is 298 cm³/mol. The molecule has 406 valence electrons. The Hall–Kier alpha value is -2.11. The summed E-state index contributed by atoms with van der Waals surface area (Å²) in [5.41, 5.74) is 0. The van der Waals surface area contributed by atoms with Crippen LogP contribution in [0.15, 0.2) is 24.3 Å². The molecule has 0 fully saturated rings. The van der Waals surface area contributed by atoms with Gasteiger partial charge in [0.25, 0.3) is 0 Å². The zero-order valence-corrected chi connectivity index (χ0v) is 46.6. The molecule has 0 N–H and O–H groups in total. The van der Waals surface area contributed by atoms with Crippen molar-refractivity contribution in [1.82, 2.24) is 0 Å². The van der Waals surface area contributed by atoms with Crippen LogP contribution in [-0.2, 0) is 28.6 Å². The van der Waals surface area contributed by atoms with Crippen LogP contribution in [0, 0.1) is 0 Å². The van der Waals surface area contributed by atoms with E-state index in [9.17, 15) is 14.4 Å². The van der Waals surface area contributed by atoms with E-state index >= 15 is 0 Å². The first-order chi connectivity index (χ1) is 34.0. The molecule has 0 saturated heterocycles. The van der Waals surface area contributed by atoms with Crippen LogP contribution < -0.4 is 0 Å². The molecule has 0 rings (SSSR count). The first-order valence-electron chi connectivity index (χ1n) is 30.8. The van der Waals surface area contributed by atoms with E-state index in [1.807, 2.05) is 0 Å². The standard InChI is InChI=1S/C63H118O6/c1-4-7-10-13-16-19-21-22-23-24-25-26-27-28-29-30-31-32-33-34-35-36-37-38-39-40-41-42-43-45-47-50-53-56-62(65)68-59-60(58-67-61(64)55-52-49-46-18-15-12-9-6-3)69-63(66)57-54-51-48-44-20-17-14-11-8-5-2/h11,14,24-25,60H,4-10,12-13,15-23,26-59H2,1-3H3/b14-11-,25-24-. The molecule has 0 amide bonds.